The Morgan fingerprint density at radius 3 is 2.38 bits per heavy atom. The summed E-state index contributed by atoms with van der Waals surface area (Å²) in [6.07, 6.45) is 4.41. The number of ether oxygens (including phenoxy) is 1. The summed E-state index contributed by atoms with van der Waals surface area (Å²) in [4.78, 5) is 32.3. The molecule has 2 aliphatic rings. The van der Waals surface area contributed by atoms with Gasteiger partial charge in [-0.1, -0.05) is 12.1 Å². The number of nitrogens with one attached hydrogen (secondary N) is 1. The van der Waals surface area contributed by atoms with E-state index in [2.05, 4.69) is 9.88 Å². The molecule has 1 atom stereocenters. The maximum atomic E-state index is 12.8. The zero-order valence-corrected chi connectivity index (χ0v) is 14.7. The quantitative estimate of drug-likeness (QED) is 0.851. The molecule has 0 aliphatic carbocycles. The van der Waals surface area contributed by atoms with Crippen LogP contribution in [0.15, 0.2) is 42.7 Å². The number of aromatic amines is 1. The summed E-state index contributed by atoms with van der Waals surface area (Å²) in [6.45, 7) is 5.00. The minimum absolute atomic E-state index is 0.0428. The van der Waals surface area contributed by atoms with Gasteiger partial charge in [0.15, 0.2) is 5.78 Å². The van der Waals surface area contributed by atoms with Crippen LogP contribution in [-0.4, -0.2) is 71.9 Å². The van der Waals surface area contributed by atoms with Crippen LogP contribution in [0.5, 0.6) is 0 Å². The molecule has 1 amide bonds. The summed E-state index contributed by atoms with van der Waals surface area (Å²) in [5.41, 5.74) is 1.85. The van der Waals surface area contributed by atoms with Gasteiger partial charge in [-0.3, -0.25) is 14.5 Å². The van der Waals surface area contributed by atoms with Gasteiger partial charge in [0.1, 0.15) is 0 Å². The van der Waals surface area contributed by atoms with Crippen LogP contribution >= 0.6 is 0 Å². The first-order valence-electron chi connectivity index (χ1n) is 9.11. The van der Waals surface area contributed by atoms with E-state index in [0.717, 1.165) is 45.8 Å². The van der Waals surface area contributed by atoms with Crippen LogP contribution in [0.2, 0.25) is 0 Å². The molecule has 0 bridgehead atoms. The third-order valence-corrected chi connectivity index (χ3v) is 5.27. The largest absolute Gasteiger partial charge is 0.379 e. The van der Waals surface area contributed by atoms with Crippen LogP contribution in [0.25, 0.3) is 0 Å². The molecule has 2 aliphatic heterocycles. The van der Waals surface area contributed by atoms with Crippen molar-refractivity contribution in [1.82, 2.24) is 14.8 Å². The fourth-order valence-electron chi connectivity index (χ4n) is 3.75. The molecule has 1 unspecified atom stereocenters. The Morgan fingerprint density at radius 2 is 1.69 bits per heavy atom. The Morgan fingerprint density at radius 1 is 0.962 bits per heavy atom. The molecule has 4 rings (SSSR count). The molecule has 1 N–H and O–H groups in total. The highest BCUT2D eigenvalue weighted by molar-refractivity contribution is 6.09. The smallest absolute Gasteiger partial charge is 0.253 e. The van der Waals surface area contributed by atoms with Crippen molar-refractivity contribution in [2.45, 2.75) is 12.5 Å². The number of H-pyrrole nitrogens is 1. The van der Waals surface area contributed by atoms with E-state index in [4.69, 9.17) is 4.74 Å². The van der Waals surface area contributed by atoms with Crippen molar-refractivity contribution in [3.05, 3.63) is 59.4 Å². The summed E-state index contributed by atoms with van der Waals surface area (Å²) < 4.78 is 5.41. The number of rotatable bonds is 4. The van der Waals surface area contributed by atoms with Crippen LogP contribution < -0.4 is 0 Å². The summed E-state index contributed by atoms with van der Waals surface area (Å²) in [7, 11) is 0. The Bertz CT molecular complexity index is 764. The van der Waals surface area contributed by atoms with Crippen LogP contribution in [-0.2, 0) is 4.74 Å². The third-order valence-electron chi connectivity index (χ3n) is 5.27. The van der Waals surface area contributed by atoms with Crippen molar-refractivity contribution in [3.8, 4) is 0 Å². The number of hydrogen-bond acceptors (Lipinski definition) is 4. The van der Waals surface area contributed by atoms with Gasteiger partial charge in [-0.05, 0) is 24.6 Å². The Labute approximate surface area is 152 Å². The summed E-state index contributed by atoms with van der Waals surface area (Å²) in [6, 6.07) is 9.15. The summed E-state index contributed by atoms with van der Waals surface area (Å²) in [5, 5.41) is 0. The van der Waals surface area contributed by atoms with Gasteiger partial charge in [-0.15, -0.1) is 0 Å². The third kappa shape index (κ3) is 3.43. The van der Waals surface area contributed by atoms with Gasteiger partial charge in [0, 0.05) is 61.3 Å². The summed E-state index contributed by atoms with van der Waals surface area (Å²) in [5.74, 6) is 0.000191. The topological polar surface area (TPSA) is 65.6 Å². The molecule has 6 nitrogen and oxygen atoms in total. The van der Waals surface area contributed by atoms with Crippen LogP contribution in [0.1, 0.15) is 32.7 Å². The average molecular weight is 353 g/mol. The van der Waals surface area contributed by atoms with Crippen LogP contribution in [0, 0.1) is 0 Å². The number of ketones is 1. The average Bonchev–Trinajstić information content (AvgIpc) is 3.40. The number of carbonyl (C=O) groups excluding carboxylic acids is 2. The van der Waals surface area contributed by atoms with Gasteiger partial charge >= 0.3 is 0 Å². The molecule has 1 aromatic carbocycles. The van der Waals surface area contributed by atoms with E-state index in [1.54, 1.807) is 42.7 Å². The molecule has 3 heterocycles. The molecular formula is C20H23N3O3. The molecule has 1 aromatic heterocycles. The standard InChI is InChI=1S/C20H23N3O3/c24-19(17-5-7-21-13-17)15-1-3-16(4-2-15)20(25)23-8-6-18(14-23)22-9-11-26-12-10-22/h1-5,7,13,18,21H,6,8-12,14H2. The Hall–Kier alpha value is -2.44. The van der Waals surface area contributed by atoms with E-state index < -0.39 is 0 Å². The number of carbonyl (C=O) groups is 2. The van der Waals surface area contributed by atoms with E-state index >= 15 is 0 Å². The predicted molar refractivity (Wildman–Crippen MR) is 97.4 cm³/mol. The lowest BCUT2D eigenvalue weighted by Gasteiger charge is -2.32. The van der Waals surface area contributed by atoms with E-state index in [0.29, 0.717) is 22.7 Å². The lowest BCUT2D eigenvalue weighted by Crippen LogP contribution is -2.45. The minimum atomic E-state index is -0.0428. The molecule has 26 heavy (non-hydrogen) atoms. The van der Waals surface area contributed by atoms with Crippen LogP contribution in [0.3, 0.4) is 0 Å². The number of hydrogen-bond donors (Lipinski definition) is 1. The van der Waals surface area contributed by atoms with Crippen molar-refractivity contribution in [3.63, 3.8) is 0 Å². The van der Waals surface area contributed by atoms with E-state index in [1.807, 2.05) is 4.90 Å². The van der Waals surface area contributed by atoms with Crippen LogP contribution in [0.4, 0.5) is 0 Å². The SMILES string of the molecule is O=C(c1ccc(C(=O)N2CCC(N3CCOCC3)C2)cc1)c1cc[nH]c1. The number of aromatic nitrogens is 1. The number of morpholine rings is 1. The second-order valence-corrected chi connectivity index (χ2v) is 6.85. The van der Waals surface area contributed by atoms with Crippen molar-refractivity contribution in [2.75, 3.05) is 39.4 Å². The Balaban J connectivity index is 1.40. The van der Waals surface area contributed by atoms with E-state index in [9.17, 15) is 9.59 Å². The first-order valence-corrected chi connectivity index (χ1v) is 9.11. The minimum Gasteiger partial charge on any atom is -0.379 e. The number of nitrogens with zero attached hydrogens (tertiary/aromatic N) is 2. The highest BCUT2D eigenvalue weighted by Crippen LogP contribution is 2.20. The normalized spacial score (nSPS) is 21.1. The van der Waals surface area contributed by atoms with Crippen molar-refractivity contribution < 1.29 is 14.3 Å². The molecule has 0 radical (unpaired) electrons. The van der Waals surface area contributed by atoms with E-state index in [-0.39, 0.29) is 11.7 Å². The zero-order valence-electron chi connectivity index (χ0n) is 14.7. The first kappa shape index (κ1) is 17.0. The predicted octanol–water partition coefficient (Wildman–Crippen LogP) is 1.79. The highest BCUT2D eigenvalue weighted by atomic mass is 16.5. The monoisotopic (exact) mass is 353 g/mol. The van der Waals surface area contributed by atoms with Gasteiger partial charge in [0.2, 0.25) is 0 Å². The van der Waals surface area contributed by atoms with Gasteiger partial charge in [0.05, 0.1) is 13.2 Å². The summed E-state index contributed by atoms with van der Waals surface area (Å²) >= 11 is 0. The lowest BCUT2D eigenvalue weighted by molar-refractivity contribution is 0.0185. The maximum absolute atomic E-state index is 12.8. The molecular weight excluding hydrogens is 330 g/mol. The van der Waals surface area contributed by atoms with Gasteiger partial charge in [-0.2, -0.15) is 0 Å². The highest BCUT2D eigenvalue weighted by Gasteiger charge is 2.31. The van der Waals surface area contributed by atoms with Gasteiger partial charge in [-0.25, -0.2) is 0 Å². The van der Waals surface area contributed by atoms with Gasteiger partial charge < -0.3 is 14.6 Å². The fraction of sp³-hybridized carbons (Fsp3) is 0.400. The lowest BCUT2D eigenvalue weighted by atomic mass is 10.0. The molecule has 6 heteroatoms. The number of amides is 1. The van der Waals surface area contributed by atoms with Crippen molar-refractivity contribution >= 4 is 11.7 Å². The number of benzene rings is 1. The molecule has 136 valence electrons. The van der Waals surface area contributed by atoms with Gasteiger partial charge in [0.25, 0.3) is 5.91 Å². The molecule has 2 fully saturated rings. The first-order chi connectivity index (χ1) is 12.7. The van der Waals surface area contributed by atoms with Crippen molar-refractivity contribution in [2.24, 2.45) is 0 Å². The van der Waals surface area contributed by atoms with Crippen molar-refractivity contribution in [1.29, 1.82) is 0 Å². The zero-order chi connectivity index (χ0) is 17.9. The fourth-order valence-corrected chi connectivity index (χ4v) is 3.75. The number of likely N-dealkylation sites (tertiary alicyclic amines) is 1. The van der Waals surface area contributed by atoms with E-state index in [1.165, 1.54) is 0 Å². The second kappa shape index (κ2) is 7.43. The molecule has 2 saturated heterocycles. The molecule has 2 aromatic rings. The Kier molecular flexibility index (Phi) is 4.86. The maximum Gasteiger partial charge on any atom is 0.253 e. The molecule has 0 spiro atoms. The molecule has 0 saturated carbocycles. The second-order valence-electron chi connectivity index (χ2n) is 6.85.